The predicted octanol–water partition coefficient (Wildman–Crippen LogP) is 4.32. The van der Waals surface area contributed by atoms with Gasteiger partial charge < -0.3 is 14.6 Å². The highest BCUT2D eigenvalue weighted by molar-refractivity contribution is 5.87. The fraction of sp³-hybridized carbons (Fsp3) is 0.889. The monoisotopic (exact) mass is 462 g/mol. The summed E-state index contributed by atoms with van der Waals surface area (Å²) in [6, 6.07) is 0. The van der Waals surface area contributed by atoms with Gasteiger partial charge in [-0.2, -0.15) is 0 Å². The predicted molar refractivity (Wildman–Crippen MR) is 123 cm³/mol. The van der Waals surface area contributed by atoms with Crippen molar-refractivity contribution in [3.05, 3.63) is 0 Å². The second-order valence-corrected chi connectivity index (χ2v) is 12.0. The fourth-order valence-corrected chi connectivity index (χ4v) is 8.82. The molecule has 4 aliphatic carbocycles. The van der Waals surface area contributed by atoms with Crippen molar-refractivity contribution in [3.63, 3.8) is 0 Å². The van der Waals surface area contributed by atoms with Crippen LogP contribution in [0, 0.1) is 46.3 Å². The lowest BCUT2D eigenvalue weighted by atomic mass is 9.43. The number of ether oxygens (including phenoxy) is 2. The zero-order valence-corrected chi connectivity index (χ0v) is 21.0. The van der Waals surface area contributed by atoms with Crippen molar-refractivity contribution in [1.82, 2.24) is 0 Å². The second kappa shape index (κ2) is 8.98. The van der Waals surface area contributed by atoms with Crippen molar-refractivity contribution in [3.8, 4) is 0 Å². The summed E-state index contributed by atoms with van der Waals surface area (Å²) in [5.41, 5.74) is -0.432. The minimum absolute atomic E-state index is 0.00607. The molecule has 4 saturated carbocycles. The first-order valence-corrected chi connectivity index (χ1v) is 13.0. The van der Waals surface area contributed by atoms with E-state index in [1.807, 2.05) is 0 Å². The minimum Gasteiger partial charge on any atom is -0.469 e. The molecule has 1 N–H and O–H groups in total. The van der Waals surface area contributed by atoms with Crippen LogP contribution in [0.1, 0.15) is 85.5 Å². The van der Waals surface area contributed by atoms with Gasteiger partial charge in [-0.3, -0.25) is 14.4 Å². The third kappa shape index (κ3) is 4.04. The van der Waals surface area contributed by atoms with E-state index in [1.165, 1.54) is 14.0 Å². The van der Waals surface area contributed by atoms with Crippen LogP contribution in [0.15, 0.2) is 0 Å². The molecule has 0 bridgehead atoms. The van der Waals surface area contributed by atoms with E-state index in [4.69, 9.17) is 9.47 Å². The van der Waals surface area contributed by atoms with Gasteiger partial charge in [0.2, 0.25) is 0 Å². The Bertz CT molecular complexity index is 793. The minimum atomic E-state index is -0.438. The summed E-state index contributed by atoms with van der Waals surface area (Å²) < 4.78 is 10.8. The Kier molecular flexibility index (Phi) is 6.71. The Morgan fingerprint density at radius 2 is 1.88 bits per heavy atom. The van der Waals surface area contributed by atoms with Gasteiger partial charge in [-0.1, -0.05) is 20.8 Å². The Morgan fingerprint density at radius 3 is 2.55 bits per heavy atom. The summed E-state index contributed by atoms with van der Waals surface area (Å²) in [6.07, 6.45) is 6.37. The van der Waals surface area contributed by atoms with Crippen LogP contribution >= 0.6 is 0 Å². The summed E-state index contributed by atoms with van der Waals surface area (Å²) in [5, 5.41) is 10.4. The molecule has 6 nitrogen and oxygen atoms in total. The second-order valence-electron chi connectivity index (χ2n) is 12.0. The number of methoxy groups -OCH3 is 1. The molecule has 0 radical (unpaired) electrons. The number of fused-ring (bicyclic) bond motifs is 5. The highest BCUT2D eigenvalue weighted by atomic mass is 16.5. The number of Topliss-reactive ketones (excluding diaryl/α,β-unsaturated/α-hetero) is 1. The smallest absolute Gasteiger partial charge is 0.305 e. The van der Waals surface area contributed by atoms with Crippen molar-refractivity contribution in [2.24, 2.45) is 46.3 Å². The van der Waals surface area contributed by atoms with Gasteiger partial charge in [0.25, 0.3) is 0 Å². The Hall–Kier alpha value is -1.43. The van der Waals surface area contributed by atoms with Gasteiger partial charge in [-0.05, 0) is 80.0 Å². The number of hydrogen-bond donors (Lipinski definition) is 1. The molecule has 0 aromatic carbocycles. The van der Waals surface area contributed by atoms with Crippen LogP contribution in [0.25, 0.3) is 0 Å². The first-order valence-electron chi connectivity index (χ1n) is 13.0. The molecular formula is C27H42O6. The molecule has 0 unspecified atom stereocenters. The number of carbonyl (C=O) groups is 3. The molecule has 0 aliphatic heterocycles. The van der Waals surface area contributed by atoms with Crippen molar-refractivity contribution < 1.29 is 29.0 Å². The zero-order valence-electron chi connectivity index (χ0n) is 21.0. The summed E-state index contributed by atoms with van der Waals surface area (Å²) in [6.45, 7) is 8.14. The molecule has 0 amide bonds. The van der Waals surface area contributed by atoms with E-state index in [0.717, 1.165) is 44.9 Å². The van der Waals surface area contributed by atoms with Gasteiger partial charge in [-0.25, -0.2) is 0 Å². The molecule has 4 fully saturated rings. The van der Waals surface area contributed by atoms with Crippen LogP contribution in [0.4, 0.5) is 0 Å². The van der Waals surface area contributed by atoms with E-state index in [1.54, 1.807) is 0 Å². The first-order chi connectivity index (χ1) is 15.5. The SMILES string of the molecule is COC(=O)CC[C@H](C)[C@@H]1CC[C@@H]2[C@@H]3[C@@H](CC(=O)[C@@]21C)[C@@]1(C)CC[C@H](O)C[C@@H]1C[C@H]3OC(C)=O. The molecule has 4 aliphatic rings. The quantitative estimate of drug-likeness (QED) is 0.612. The number of aliphatic hydroxyl groups is 1. The maximum absolute atomic E-state index is 13.9. The van der Waals surface area contributed by atoms with Gasteiger partial charge >= 0.3 is 11.9 Å². The topological polar surface area (TPSA) is 89.9 Å². The van der Waals surface area contributed by atoms with Crippen molar-refractivity contribution in [1.29, 1.82) is 0 Å². The van der Waals surface area contributed by atoms with E-state index in [0.29, 0.717) is 18.6 Å². The number of ketones is 1. The van der Waals surface area contributed by atoms with Gasteiger partial charge in [0.05, 0.1) is 13.2 Å². The molecule has 6 heteroatoms. The van der Waals surface area contributed by atoms with Crippen LogP contribution < -0.4 is 0 Å². The Morgan fingerprint density at radius 1 is 1.15 bits per heavy atom. The molecule has 0 saturated heterocycles. The molecule has 0 aromatic heterocycles. The average Bonchev–Trinajstić information content (AvgIpc) is 3.11. The molecule has 0 heterocycles. The molecule has 186 valence electrons. The lowest BCUT2D eigenvalue weighted by Gasteiger charge is -2.62. The molecule has 10 atom stereocenters. The van der Waals surface area contributed by atoms with Crippen molar-refractivity contribution in [2.75, 3.05) is 7.11 Å². The van der Waals surface area contributed by atoms with Gasteiger partial charge in [0.1, 0.15) is 11.9 Å². The largest absolute Gasteiger partial charge is 0.469 e. The van der Waals surface area contributed by atoms with Gasteiger partial charge in [0, 0.05) is 31.1 Å². The number of hydrogen-bond acceptors (Lipinski definition) is 6. The molecular weight excluding hydrogens is 420 g/mol. The van der Waals surface area contributed by atoms with E-state index >= 15 is 0 Å². The summed E-state index contributed by atoms with van der Waals surface area (Å²) in [7, 11) is 1.42. The fourth-order valence-electron chi connectivity index (χ4n) is 8.82. The summed E-state index contributed by atoms with van der Waals surface area (Å²) in [4.78, 5) is 37.7. The van der Waals surface area contributed by atoms with Crippen LogP contribution in [-0.2, 0) is 23.9 Å². The molecule has 4 rings (SSSR count). The number of rotatable bonds is 5. The maximum Gasteiger partial charge on any atom is 0.305 e. The summed E-state index contributed by atoms with van der Waals surface area (Å²) >= 11 is 0. The number of aliphatic hydroxyl groups excluding tert-OH is 1. The zero-order chi connectivity index (χ0) is 24.1. The van der Waals surface area contributed by atoms with E-state index in [-0.39, 0.29) is 65.1 Å². The Labute approximate surface area is 198 Å². The Balaban J connectivity index is 1.65. The summed E-state index contributed by atoms with van der Waals surface area (Å²) in [5.74, 6) is 1.25. The highest BCUT2D eigenvalue weighted by Crippen LogP contribution is 2.67. The number of carbonyl (C=O) groups excluding carboxylic acids is 3. The lowest BCUT2D eigenvalue weighted by Crippen LogP contribution is -2.61. The first kappa shape index (κ1) is 24.7. The van der Waals surface area contributed by atoms with Crippen LogP contribution in [0.3, 0.4) is 0 Å². The lowest BCUT2D eigenvalue weighted by molar-refractivity contribution is -0.194. The highest BCUT2D eigenvalue weighted by Gasteiger charge is 2.66. The standard InChI is InChI=1S/C27H42O6/c1-15(6-9-24(31)32-5)19-7-8-20-25-21(14-23(30)27(19,20)4)26(3)11-10-18(29)12-17(26)13-22(25)33-16(2)28/h15,17-22,25,29H,6-14H2,1-5H3/t15-,17+,18-,19-,20+,21+,22+,25+,26-,27+/m0/s1. The third-order valence-electron chi connectivity index (χ3n) is 10.6. The van der Waals surface area contributed by atoms with Crippen molar-refractivity contribution in [2.45, 2.75) is 97.7 Å². The average molecular weight is 463 g/mol. The maximum atomic E-state index is 13.9. The van der Waals surface area contributed by atoms with Crippen LogP contribution in [0.5, 0.6) is 0 Å². The van der Waals surface area contributed by atoms with Crippen molar-refractivity contribution >= 4 is 17.7 Å². The third-order valence-corrected chi connectivity index (χ3v) is 10.6. The molecule has 0 aromatic rings. The van der Waals surface area contributed by atoms with Gasteiger partial charge in [0.15, 0.2) is 0 Å². The van der Waals surface area contributed by atoms with E-state index < -0.39 is 5.41 Å². The van der Waals surface area contributed by atoms with E-state index in [2.05, 4.69) is 20.8 Å². The van der Waals surface area contributed by atoms with Crippen LogP contribution in [0.2, 0.25) is 0 Å². The normalized spacial score (nSPS) is 45.4. The van der Waals surface area contributed by atoms with Gasteiger partial charge in [-0.15, -0.1) is 0 Å². The van der Waals surface area contributed by atoms with Crippen LogP contribution in [-0.4, -0.2) is 42.1 Å². The number of esters is 2. The van der Waals surface area contributed by atoms with E-state index in [9.17, 15) is 19.5 Å². The molecule has 33 heavy (non-hydrogen) atoms. The molecule has 0 spiro atoms.